The van der Waals surface area contributed by atoms with Crippen molar-refractivity contribution in [1.82, 2.24) is 4.90 Å². The first-order valence-electron chi connectivity index (χ1n) is 6.81. The molecule has 0 saturated heterocycles. The molecule has 0 saturated carbocycles. The van der Waals surface area contributed by atoms with Crippen molar-refractivity contribution in [2.75, 3.05) is 6.54 Å². The summed E-state index contributed by atoms with van der Waals surface area (Å²) in [5.41, 5.74) is 1.81. The molecule has 2 nitrogen and oxygen atoms in total. The van der Waals surface area contributed by atoms with E-state index in [1.807, 2.05) is 32.0 Å². The molecule has 0 bridgehead atoms. The normalized spacial score (nSPS) is 10.5. The van der Waals surface area contributed by atoms with Gasteiger partial charge in [-0.25, -0.2) is 4.39 Å². The van der Waals surface area contributed by atoms with E-state index in [1.165, 1.54) is 6.07 Å². The van der Waals surface area contributed by atoms with Gasteiger partial charge in [0.25, 0.3) is 5.91 Å². The molecular weight excluding hydrogens is 289 g/mol. The molecular formula is C17H17ClFNO. The number of benzene rings is 2. The summed E-state index contributed by atoms with van der Waals surface area (Å²) in [7, 11) is 0. The Hall–Kier alpha value is -1.87. The van der Waals surface area contributed by atoms with Crippen LogP contribution in [0.3, 0.4) is 0 Å². The highest BCUT2D eigenvalue weighted by molar-refractivity contribution is 6.31. The standard InChI is InChI=1S/C17H17ClFNO/c1-3-20(11-13-6-4-5-7-15(13)18)17(21)14-10-12(2)8-9-16(14)19/h4-10H,3,11H2,1-2H3. The van der Waals surface area contributed by atoms with Crippen LogP contribution >= 0.6 is 11.6 Å². The second-order valence-electron chi connectivity index (χ2n) is 4.89. The third-order valence-electron chi connectivity index (χ3n) is 3.34. The average molecular weight is 306 g/mol. The SMILES string of the molecule is CCN(Cc1ccccc1Cl)C(=O)c1cc(C)ccc1F. The van der Waals surface area contributed by atoms with Crippen LogP contribution in [0.5, 0.6) is 0 Å². The van der Waals surface area contributed by atoms with Crippen LogP contribution in [0.1, 0.15) is 28.4 Å². The number of carbonyl (C=O) groups is 1. The smallest absolute Gasteiger partial charge is 0.257 e. The molecule has 0 atom stereocenters. The molecule has 0 aliphatic rings. The predicted octanol–water partition coefficient (Wildman–Crippen LogP) is 4.45. The van der Waals surface area contributed by atoms with Crippen molar-refractivity contribution in [3.63, 3.8) is 0 Å². The molecule has 0 heterocycles. The lowest BCUT2D eigenvalue weighted by Crippen LogP contribution is -2.31. The molecule has 4 heteroatoms. The van der Waals surface area contributed by atoms with E-state index in [1.54, 1.807) is 23.1 Å². The molecule has 2 aromatic rings. The minimum absolute atomic E-state index is 0.101. The number of carbonyl (C=O) groups excluding carboxylic acids is 1. The Kier molecular flexibility index (Phi) is 4.97. The summed E-state index contributed by atoms with van der Waals surface area (Å²) in [6, 6.07) is 11.9. The van der Waals surface area contributed by atoms with Gasteiger partial charge in [-0.15, -0.1) is 0 Å². The molecule has 0 aromatic heterocycles. The molecule has 0 spiro atoms. The van der Waals surface area contributed by atoms with Crippen molar-refractivity contribution in [2.45, 2.75) is 20.4 Å². The van der Waals surface area contributed by atoms with Crippen molar-refractivity contribution >= 4 is 17.5 Å². The molecule has 21 heavy (non-hydrogen) atoms. The highest BCUT2D eigenvalue weighted by Crippen LogP contribution is 2.19. The van der Waals surface area contributed by atoms with Gasteiger partial charge >= 0.3 is 0 Å². The van der Waals surface area contributed by atoms with Gasteiger partial charge in [-0.3, -0.25) is 4.79 Å². The third-order valence-corrected chi connectivity index (χ3v) is 3.71. The van der Waals surface area contributed by atoms with E-state index in [9.17, 15) is 9.18 Å². The summed E-state index contributed by atoms with van der Waals surface area (Å²) in [6.45, 7) is 4.54. The maximum Gasteiger partial charge on any atom is 0.257 e. The minimum atomic E-state index is -0.497. The van der Waals surface area contributed by atoms with E-state index in [-0.39, 0.29) is 11.5 Å². The quantitative estimate of drug-likeness (QED) is 0.817. The molecule has 0 unspecified atom stereocenters. The first kappa shape index (κ1) is 15.5. The fraction of sp³-hybridized carbons (Fsp3) is 0.235. The lowest BCUT2D eigenvalue weighted by molar-refractivity contribution is 0.0748. The van der Waals surface area contributed by atoms with E-state index >= 15 is 0 Å². The maximum absolute atomic E-state index is 13.9. The van der Waals surface area contributed by atoms with Crippen LogP contribution in [0, 0.1) is 12.7 Å². The van der Waals surface area contributed by atoms with Crippen LogP contribution < -0.4 is 0 Å². The van der Waals surface area contributed by atoms with Crippen molar-refractivity contribution in [1.29, 1.82) is 0 Å². The minimum Gasteiger partial charge on any atom is -0.334 e. The number of nitrogens with zero attached hydrogens (tertiary/aromatic N) is 1. The molecule has 2 aromatic carbocycles. The van der Waals surface area contributed by atoms with Crippen molar-refractivity contribution < 1.29 is 9.18 Å². The van der Waals surface area contributed by atoms with Crippen LogP contribution in [-0.2, 0) is 6.54 Å². The molecule has 0 aliphatic carbocycles. The van der Waals surface area contributed by atoms with Crippen LogP contribution in [0.25, 0.3) is 0 Å². The average Bonchev–Trinajstić information content (AvgIpc) is 2.48. The van der Waals surface area contributed by atoms with Crippen LogP contribution in [0.4, 0.5) is 4.39 Å². The largest absolute Gasteiger partial charge is 0.334 e. The summed E-state index contributed by atoms with van der Waals surface area (Å²) in [5, 5.41) is 0.605. The lowest BCUT2D eigenvalue weighted by Gasteiger charge is -2.22. The summed E-state index contributed by atoms with van der Waals surface area (Å²) in [6.07, 6.45) is 0. The van der Waals surface area contributed by atoms with Gasteiger partial charge in [0.1, 0.15) is 5.82 Å². The maximum atomic E-state index is 13.9. The predicted molar refractivity (Wildman–Crippen MR) is 83.0 cm³/mol. The van der Waals surface area contributed by atoms with Gasteiger partial charge < -0.3 is 4.90 Å². The number of hydrogen-bond acceptors (Lipinski definition) is 1. The zero-order valence-corrected chi connectivity index (χ0v) is 12.8. The first-order chi connectivity index (χ1) is 10.0. The number of rotatable bonds is 4. The van der Waals surface area contributed by atoms with Crippen molar-refractivity contribution in [2.24, 2.45) is 0 Å². The van der Waals surface area contributed by atoms with Gasteiger partial charge in [0.15, 0.2) is 0 Å². The summed E-state index contributed by atoms with van der Waals surface area (Å²) in [4.78, 5) is 14.1. The molecule has 1 amide bonds. The summed E-state index contributed by atoms with van der Waals surface area (Å²) in [5.74, 6) is -0.818. The fourth-order valence-corrected chi connectivity index (χ4v) is 2.33. The Morgan fingerprint density at radius 2 is 1.95 bits per heavy atom. The van der Waals surface area contributed by atoms with Gasteiger partial charge in [-0.05, 0) is 37.6 Å². The van der Waals surface area contributed by atoms with Gasteiger partial charge in [0.05, 0.1) is 5.56 Å². The van der Waals surface area contributed by atoms with Crippen LogP contribution in [0.15, 0.2) is 42.5 Å². The van der Waals surface area contributed by atoms with E-state index in [0.29, 0.717) is 18.1 Å². The lowest BCUT2D eigenvalue weighted by atomic mass is 10.1. The van der Waals surface area contributed by atoms with E-state index in [4.69, 9.17) is 11.6 Å². The third kappa shape index (κ3) is 3.61. The van der Waals surface area contributed by atoms with Crippen LogP contribution in [0.2, 0.25) is 5.02 Å². The zero-order chi connectivity index (χ0) is 15.4. The van der Waals surface area contributed by atoms with Crippen molar-refractivity contribution in [3.8, 4) is 0 Å². The molecule has 0 radical (unpaired) electrons. The Morgan fingerprint density at radius 3 is 2.62 bits per heavy atom. The van der Waals surface area contributed by atoms with Gasteiger partial charge in [0.2, 0.25) is 0 Å². The van der Waals surface area contributed by atoms with E-state index < -0.39 is 5.82 Å². The van der Waals surface area contributed by atoms with Gasteiger partial charge in [-0.1, -0.05) is 41.4 Å². The van der Waals surface area contributed by atoms with Gasteiger partial charge in [0, 0.05) is 18.1 Å². The van der Waals surface area contributed by atoms with E-state index in [2.05, 4.69) is 0 Å². The van der Waals surface area contributed by atoms with Crippen LogP contribution in [-0.4, -0.2) is 17.4 Å². The highest BCUT2D eigenvalue weighted by Gasteiger charge is 2.19. The number of amides is 1. The topological polar surface area (TPSA) is 20.3 Å². The monoisotopic (exact) mass is 305 g/mol. The molecule has 2 rings (SSSR count). The molecule has 0 aliphatic heterocycles. The molecule has 0 fully saturated rings. The Morgan fingerprint density at radius 1 is 1.24 bits per heavy atom. The van der Waals surface area contributed by atoms with E-state index in [0.717, 1.165) is 11.1 Å². The number of hydrogen-bond donors (Lipinski definition) is 0. The number of aryl methyl sites for hydroxylation is 1. The second-order valence-corrected chi connectivity index (χ2v) is 5.30. The Balaban J connectivity index is 2.27. The Labute approximate surface area is 129 Å². The first-order valence-corrected chi connectivity index (χ1v) is 7.19. The number of halogens is 2. The zero-order valence-electron chi connectivity index (χ0n) is 12.1. The molecule has 0 N–H and O–H groups in total. The Bertz CT molecular complexity index is 657. The highest BCUT2D eigenvalue weighted by atomic mass is 35.5. The second kappa shape index (κ2) is 6.72. The van der Waals surface area contributed by atoms with Gasteiger partial charge in [-0.2, -0.15) is 0 Å². The van der Waals surface area contributed by atoms with Crippen molar-refractivity contribution in [3.05, 3.63) is 70.0 Å². The fourth-order valence-electron chi connectivity index (χ4n) is 2.13. The summed E-state index contributed by atoms with van der Waals surface area (Å²) < 4.78 is 13.9. The molecule has 110 valence electrons. The summed E-state index contributed by atoms with van der Waals surface area (Å²) >= 11 is 6.12.